The number of aliphatic hydroxyl groups excluding tert-OH is 1. The van der Waals surface area contributed by atoms with Gasteiger partial charge in [-0.15, -0.1) is 0 Å². The number of nitrogens with zero attached hydrogens (tertiary/aromatic N) is 1. The zero-order chi connectivity index (χ0) is 26.3. The van der Waals surface area contributed by atoms with Crippen LogP contribution in [0.25, 0.3) is 0 Å². The van der Waals surface area contributed by atoms with Crippen molar-refractivity contribution in [2.45, 2.75) is 39.2 Å². The Morgan fingerprint density at radius 3 is 2.26 bits per heavy atom. The molecule has 188 valence electrons. The van der Waals surface area contributed by atoms with Gasteiger partial charge in [-0.05, 0) is 74.7 Å². The molecule has 0 saturated carbocycles. The fraction of sp³-hybridized carbons (Fsp3) is 0.400. The predicted molar refractivity (Wildman–Crippen MR) is 126 cm³/mol. The number of hydrogen-bond acceptors (Lipinski definition) is 5. The largest absolute Gasteiger partial charge is 0.393 e. The van der Waals surface area contributed by atoms with Crippen LogP contribution in [0, 0.1) is 23.4 Å². The summed E-state index contributed by atoms with van der Waals surface area (Å²) in [4.78, 5) is 30.2. The number of amides is 1. The summed E-state index contributed by atoms with van der Waals surface area (Å²) in [5.41, 5.74) is 0.812. The Labute approximate surface area is 198 Å². The first-order valence-electron chi connectivity index (χ1n) is 10.7. The second-order valence-corrected chi connectivity index (χ2v) is 7.69. The SMILES string of the molecule is C=O.C=O.CC1CN(C)CCCC1O.CCc1cc(C(=O)Nc2ccc(F)c(F)c2)ccc1F. The van der Waals surface area contributed by atoms with Gasteiger partial charge in [0, 0.05) is 23.9 Å². The molecule has 1 aliphatic rings. The second kappa shape index (κ2) is 16.6. The molecule has 2 aromatic carbocycles. The smallest absolute Gasteiger partial charge is 0.255 e. The summed E-state index contributed by atoms with van der Waals surface area (Å²) in [6, 6.07) is 7.04. The van der Waals surface area contributed by atoms with Gasteiger partial charge in [0.15, 0.2) is 11.6 Å². The van der Waals surface area contributed by atoms with Crippen LogP contribution in [-0.4, -0.2) is 55.7 Å². The first-order valence-corrected chi connectivity index (χ1v) is 10.7. The highest BCUT2D eigenvalue weighted by Crippen LogP contribution is 2.17. The van der Waals surface area contributed by atoms with Crippen molar-refractivity contribution in [3.8, 4) is 0 Å². The number of likely N-dealkylation sites (tertiary alicyclic amines) is 1. The number of carbonyl (C=O) groups is 3. The highest BCUT2D eigenvalue weighted by Gasteiger charge is 2.19. The Morgan fingerprint density at radius 2 is 1.68 bits per heavy atom. The van der Waals surface area contributed by atoms with Crippen molar-refractivity contribution >= 4 is 25.2 Å². The summed E-state index contributed by atoms with van der Waals surface area (Å²) in [5, 5.41) is 11.9. The third-order valence-corrected chi connectivity index (χ3v) is 5.16. The van der Waals surface area contributed by atoms with E-state index < -0.39 is 17.5 Å². The zero-order valence-corrected chi connectivity index (χ0v) is 19.8. The first kappa shape index (κ1) is 31.0. The molecule has 2 unspecified atom stereocenters. The van der Waals surface area contributed by atoms with Crippen LogP contribution in [-0.2, 0) is 16.0 Å². The minimum atomic E-state index is -1.05. The van der Waals surface area contributed by atoms with E-state index >= 15 is 0 Å². The lowest BCUT2D eigenvalue weighted by atomic mass is 10.0. The van der Waals surface area contributed by atoms with Crippen molar-refractivity contribution in [3.63, 3.8) is 0 Å². The van der Waals surface area contributed by atoms with Crippen molar-refractivity contribution in [1.29, 1.82) is 0 Å². The lowest BCUT2D eigenvalue weighted by molar-refractivity contribution is -0.0987. The Bertz CT molecular complexity index is 896. The lowest BCUT2D eigenvalue weighted by Gasteiger charge is -2.18. The fourth-order valence-electron chi connectivity index (χ4n) is 3.32. The number of benzene rings is 2. The van der Waals surface area contributed by atoms with Crippen molar-refractivity contribution < 1.29 is 32.7 Å². The Hall–Kier alpha value is -3.04. The minimum absolute atomic E-state index is 0.0649. The number of carbonyl (C=O) groups excluding carboxylic acids is 3. The number of aryl methyl sites for hydroxylation is 1. The molecule has 1 heterocycles. The number of rotatable bonds is 3. The number of anilines is 1. The van der Waals surface area contributed by atoms with Gasteiger partial charge in [-0.3, -0.25) is 4.79 Å². The maximum absolute atomic E-state index is 13.3. The topological polar surface area (TPSA) is 86.7 Å². The molecule has 2 atom stereocenters. The summed E-state index contributed by atoms with van der Waals surface area (Å²) in [7, 11) is 2.12. The summed E-state index contributed by atoms with van der Waals surface area (Å²) < 4.78 is 39.1. The molecule has 1 fully saturated rings. The highest BCUT2D eigenvalue weighted by molar-refractivity contribution is 6.04. The lowest BCUT2D eigenvalue weighted by Crippen LogP contribution is -2.27. The van der Waals surface area contributed by atoms with Gasteiger partial charge >= 0.3 is 0 Å². The molecule has 0 spiro atoms. The molecule has 1 amide bonds. The molecule has 2 aromatic rings. The second-order valence-electron chi connectivity index (χ2n) is 7.69. The average Bonchev–Trinajstić information content (AvgIpc) is 2.98. The maximum Gasteiger partial charge on any atom is 0.255 e. The molecule has 34 heavy (non-hydrogen) atoms. The van der Waals surface area contributed by atoms with Crippen molar-refractivity contribution in [2.24, 2.45) is 5.92 Å². The zero-order valence-electron chi connectivity index (χ0n) is 19.8. The van der Waals surface area contributed by atoms with E-state index in [-0.39, 0.29) is 23.2 Å². The van der Waals surface area contributed by atoms with Crippen LogP contribution >= 0.6 is 0 Å². The summed E-state index contributed by atoms with van der Waals surface area (Å²) in [5.74, 6) is -2.47. The molecule has 1 saturated heterocycles. The van der Waals surface area contributed by atoms with Gasteiger partial charge < -0.3 is 24.9 Å². The quantitative estimate of drug-likeness (QED) is 0.683. The monoisotopic (exact) mass is 482 g/mol. The van der Waals surface area contributed by atoms with Crippen LogP contribution in [0.4, 0.5) is 18.9 Å². The average molecular weight is 483 g/mol. The van der Waals surface area contributed by atoms with E-state index in [9.17, 15) is 23.1 Å². The Morgan fingerprint density at radius 1 is 1.06 bits per heavy atom. The van der Waals surface area contributed by atoms with Crippen LogP contribution < -0.4 is 5.32 Å². The van der Waals surface area contributed by atoms with Gasteiger partial charge in [-0.25, -0.2) is 13.2 Å². The van der Waals surface area contributed by atoms with Crippen molar-refractivity contribution in [2.75, 3.05) is 25.5 Å². The van der Waals surface area contributed by atoms with Gasteiger partial charge in [-0.2, -0.15) is 0 Å². The molecule has 1 aliphatic heterocycles. The van der Waals surface area contributed by atoms with E-state index in [0.29, 0.717) is 17.9 Å². The van der Waals surface area contributed by atoms with Crippen molar-refractivity contribution in [3.05, 3.63) is 65.0 Å². The number of nitrogens with one attached hydrogen (secondary N) is 1. The first-order chi connectivity index (χ1) is 16.2. The molecular formula is C25H33F3N2O4. The predicted octanol–water partition coefficient (Wildman–Crippen LogP) is 4.26. The van der Waals surface area contributed by atoms with Crippen LogP contribution in [0.5, 0.6) is 0 Å². The van der Waals surface area contributed by atoms with E-state index in [2.05, 4.69) is 24.2 Å². The third-order valence-electron chi connectivity index (χ3n) is 5.16. The maximum atomic E-state index is 13.3. The number of hydrogen-bond donors (Lipinski definition) is 2. The summed E-state index contributed by atoms with van der Waals surface area (Å²) >= 11 is 0. The van der Waals surface area contributed by atoms with Gasteiger partial charge in [0.05, 0.1) is 6.10 Å². The normalized spacial score (nSPS) is 17.4. The van der Waals surface area contributed by atoms with E-state index in [1.54, 1.807) is 6.92 Å². The Balaban J connectivity index is 0.000000653. The molecule has 0 radical (unpaired) electrons. The molecule has 0 bridgehead atoms. The highest BCUT2D eigenvalue weighted by atomic mass is 19.2. The van der Waals surface area contributed by atoms with Gasteiger partial charge in [0.1, 0.15) is 19.4 Å². The summed E-state index contributed by atoms with van der Waals surface area (Å²) in [6.45, 7) is 10.1. The van der Waals surface area contributed by atoms with E-state index in [4.69, 9.17) is 9.59 Å². The standard InChI is InChI=1S/C15H12F3NO.C8H17NO.2CH2O/c1-2-9-7-10(3-5-12(9)16)15(20)19-11-4-6-13(17)14(18)8-11;1-7-6-9(2)5-3-4-8(7)10;2*1-2/h3-8H,2H2,1H3,(H,19,20);7-8,10H,3-6H2,1-2H3;2*1H2. The number of aliphatic hydroxyl groups is 1. The molecule has 2 N–H and O–H groups in total. The summed E-state index contributed by atoms with van der Waals surface area (Å²) in [6.07, 6.45) is 2.51. The molecule has 3 rings (SSSR count). The van der Waals surface area contributed by atoms with Gasteiger partial charge in [0.25, 0.3) is 5.91 Å². The van der Waals surface area contributed by atoms with Crippen LogP contribution in [0.2, 0.25) is 0 Å². The Kier molecular flexibility index (Phi) is 15.1. The van der Waals surface area contributed by atoms with Crippen LogP contribution in [0.15, 0.2) is 36.4 Å². The minimum Gasteiger partial charge on any atom is -0.393 e. The number of halogens is 3. The fourth-order valence-corrected chi connectivity index (χ4v) is 3.32. The van der Waals surface area contributed by atoms with Gasteiger partial charge in [0.2, 0.25) is 0 Å². The third kappa shape index (κ3) is 10.3. The molecule has 9 heteroatoms. The molecule has 0 aliphatic carbocycles. The molecule has 0 aromatic heterocycles. The van der Waals surface area contributed by atoms with E-state index in [0.717, 1.165) is 38.1 Å². The van der Waals surface area contributed by atoms with E-state index in [1.165, 1.54) is 24.3 Å². The molecular weight excluding hydrogens is 449 g/mol. The molecule has 6 nitrogen and oxygen atoms in total. The van der Waals surface area contributed by atoms with E-state index in [1.807, 2.05) is 13.6 Å². The van der Waals surface area contributed by atoms with Crippen LogP contribution in [0.3, 0.4) is 0 Å². The van der Waals surface area contributed by atoms with Crippen LogP contribution in [0.1, 0.15) is 42.6 Å². The van der Waals surface area contributed by atoms with Gasteiger partial charge in [-0.1, -0.05) is 13.8 Å². The van der Waals surface area contributed by atoms with Crippen molar-refractivity contribution in [1.82, 2.24) is 4.90 Å².